The van der Waals surface area contributed by atoms with Gasteiger partial charge in [-0.2, -0.15) is 4.98 Å². The van der Waals surface area contributed by atoms with Crippen LogP contribution in [0, 0.1) is 5.82 Å². The molecular formula is C18H18FN5. The first kappa shape index (κ1) is 14.9. The van der Waals surface area contributed by atoms with Gasteiger partial charge in [-0.1, -0.05) is 19.3 Å². The van der Waals surface area contributed by atoms with E-state index in [1.807, 2.05) is 0 Å². The SMILES string of the molecule is Nc1nc(C2CCCCC2)c2nc(-c3ccc(F)cc3)cnc2n1. The quantitative estimate of drug-likeness (QED) is 0.775. The number of anilines is 1. The third-order valence-corrected chi connectivity index (χ3v) is 4.58. The smallest absolute Gasteiger partial charge is 0.222 e. The Balaban J connectivity index is 1.85. The van der Waals surface area contributed by atoms with Gasteiger partial charge in [0.05, 0.1) is 17.6 Å². The number of halogens is 1. The van der Waals surface area contributed by atoms with Crippen LogP contribution in [0.4, 0.5) is 10.3 Å². The lowest BCUT2D eigenvalue weighted by atomic mass is 9.86. The van der Waals surface area contributed by atoms with Crippen LogP contribution in [0.1, 0.15) is 43.7 Å². The highest BCUT2D eigenvalue weighted by atomic mass is 19.1. The van der Waals surface area contributed by atoms with Crippen LogP contribution in [-0.4, -0.2) is 19.9 Å². The Morgan fingerprint density at radius 3 is 2.46 bits per heavy atom. The molecule has 5 nitrogen and oxygen atoms in total. The molecule has 0 atom stereocenters. The van der Waals surface area contributed by atoms with Crippen molar-refractivity contribution < 1.29 is 4.39 Å². The van der Waals surface area contributed by atoms with Crippen LogP contribution in [0.5, 0.6) is 0 Å². The molecule has 0 spiro atoms. The first-order valence-corrected chi connectivity index (χ1v) is 8.27. The van der Waals surface area contributed by atoms with Crippen molar-refractivity contribution in [1.82, 2.24) is 19.9 Å². The molecule has 6 heteroatoms. The second kappa shape index (κ2) is 6.11. The Hall–Kier alpha value is -2.63. The zero-order valence-electron chi connectivity index (χ0n) is 13.2. The average Bonchev–Trinajstić information content (AvgIpc) is 2.62. The second-order valence-electron chi connectivity index (χ2n) is 6.24. The molecule has 0 unspecified atom stereocenters. The zero-order chi connectivity index (χ0) is 16.5. The maximum Gasteiger partial charge on any atom is 0.222 e. The Morgan fingerprint density at radius 1 is 0.958 bits per heavy atom. The van der Waals surface area contributed by atoms with E-state index in [1.54, 1.807) is 18.3 Å². The molecule has 0 amide bonds. The first-order chi connectivity index (χ1) is 11.7. The Bertz CT molecular complexity index is 872. The van der Waals surface area contributed by atoms with Gasteiger partial charge in [-0.3, -0.25) is 0 Å². The van der Waals surface area contributed by atoms with Crippen LogP contribution in [0.2, 0.25) is 0 Å². The Kier molecular flexibility index (Phi) is 3.80. The first-order valence-electron chi connectivity index (χ1n) is 8.27. The molecule has 1 fully saturated rings. The summed E-state index contributed by atoms with van der Waals surface area (Å²) >= 11 is 0. The lowest BCUT2D eigenvalue weighted by Crippen LogP contribution is -2.11. The summed E-state index contributed by atoms with van der Waals surface area (Å²) in [5.41, 5.74) is 9.50. The molecule has 3 aromatic rings. The van der Waals surface area contributed by atoms with Crippen molar-refractivity contribution in [3.8, 4) is 11.3 Å². The van der Waals surface area contributed by atoms with Gasteiger partial charge in [0.15, 0.2) is 5.65 Å². The molecule has 24 heavy (non-hydrogen) atoms. The van der Waals surface area contributed by atoms with Gasteiger partial charge in [-0.15, -0.1) is 0 Å². The fourth-order valence-corrected chi connectivity index (χ4v) is 3.37. The molecule has 1 aromatic carbocycles. The van der Waals surface area contributed by atoms with Gasteiger partial charge in [-0.25, -0.2) is 19.3 Å². The third-order valence-electron chi connectivity index (χ3n) is 4.58. The van der Waals surface area contributed by atoms with Crippen molar-refractivity contribution in [2.45, 2.75) is 38.0 Å². The van der Waals surface area contributed by atoms with Crippen LogP contribution in [0.3, 0.4) is 0 Å². The molecule has 0 radical (unpaired) electrons. The fourth-order valence-electron chi connectivity index (χ4n) is 3.37. The van der Waals surface area contributed by atoms with Crippen LogP contribution in [-0.2, 0) is 0 Å². The summed E-state index contributed by atoms with van der Waals surface area (Å²) in [6.07, 6.45) is 7.48. The fraction of sp³-hybridized carbons (Fsp3) is 0.333. The summed E-state index contributed by atoms with van der Waals surface area (Å²) < 4.78 is 13.1. The summed E-state index contributed by atoms with van der Waals surface area (Å²) in [5.74, 6) is 0.322. The van der Waals surface area contributed by atoms with Crippen LogP contribution >= 0.6 is 0 Å². The molecule has 0 bridgehead atoms. The van der Waals surface area contributed by atoms with E-state index in [2.05, 4.69) is 15.0 Å². The van der Waals surface area contributed by atoms with E-state index in [-0.39, 0.29) is 11.8 Å². The largest absolute Gasteiger partial charge is 0.368 e. The average molecular weight is 323 g/mol. The molecule has 2 N–H and O–H groups in total. The summed E-state index contributed by atoms with van der Waals surface area (Å²) in [6, 6.07) is 6.23. The molecule has 122 valence electrons. The minimum absolute atomic E-state index is 0.243. The number of fused-ring (bicyclic) bond motifs is 1. The number of nitrogens with zero attached hydrogens (tertiary/aromatic N) is 4. The van der Waals surface area contributed by atoms with Gasteiger partial charge in [0.1, 0.15) is 11.3 Å². The van der Waals surface area contributed by atoms with E-state index in [4.69, 9.17) is 10.7 Å². The number of aromatic nitrogens is 4. The van der Waals surface area contributed by atoms with Gasteiger partial charge in [0, 0.05) is 11.5 Å². The zero-order valence-corrected chi connectivity index (χ0v) is 13.2. The van der Waals surface area contributed by atoms with Gasteiger partial charge in [-0.05, 0) is 37.1 Å². The van der Waals surface area contributed by atoms with E-state index in [0.29, 0.717) is 22.8 Å². The van der Waals surface area contributed by atoms with E-state index in [9.17, 15) is 4.39 Å². The lowest BCUT2D eigenvalue weighted by molar-refractivity contribution is 0.438. The molecule has 2 aromatic heterocycles. The Morgan fingerprint density at radius 2 is 1.71 bits per heavy atom. The van der Waals surface area contributed by atoms with Gasteiger partial charge >= 0.3 is 0 Å². The van der Waals surface area contributed by atoms with Crippen molar-refractivity contribution in [3.63, 3.8) is 0 Å². The molecule has 1 aliphatic carbocycles. The van der Waals surface area contributed by atoms with E-state index >= 15 is 0 Å². The maximum atomic E-state index is 13.1. The topological polar surface area (TPSA) is 77.6 Å². The predicted octanol–water partition coefficient (Wildman–Crippen LogP) is 3.86. The number of hydrogen-bond donors (Lipinski definition) is 1. The van der Waals surface area contributed by atoms with Gasteiger partial charge in [0.2, 0.25) is 5.95 Å². The molecule has 4 rings (SSSR count). The summed E-state index contributed by atoms with van der Waals surface area (Å²) in [7, 11) is 0. The molecule has 1 aliphatic rings. The minimum Gasteiger partial charge on any atom is -0.368 e. The molecule has 2 heterocycles. The van der Waals surface area contributed by atoms with Crippen LogP contribution in [0.25, 0.3) is 22.4 Å². The predicted molar refractivity (Wildman–Crippen MR) is 90.8 cm³/mol. The summed E-state index contributed by atoms with van der Waals surface area (Å²) in [6.45, 7) is 0. The number of hydrogen-bond acceptors (Lipinski definition) is 5. The molecular weight excluding hydrogens is 305 g/mol. The van der Waals surface area contributed by atoms with Gasteiger partial charge < -0.3 is 5.73 Å². The van der Waals surface area contributed by atoms with E-state index < -0.39 is 0 Å². The molecule has 0 aliphatic heterocycles. The summed E-state index contributed by atoms with van der Waals surface area (Å²) in [4.78, 5) is 17.8. The van der Waals surface area contributed by atoms with E-state index in [1.165, 1.54) is 31.4 Å². The lowest BCUT2D eigenvalue weighted by Gasteiger charge is -2.21. The van der Waals surface area contributed by atoms with Crippen molar-refractivity contribution in [2.75, 3.05) is 5.73 Å². The van der Waals surface area contributed by atoms with Crippen LogP contribution < -0.4 is 5.73 Å². The molecule has 0 saturated heterocycles. The Labute approximate surface area is 139 Å². The third kappa shape index (κ3) is 2.79. The van der Waals surface area contributed by atoms with Crippen LogP contribution in [0.15, 0.2) is 30.5 Å². The van der Waals surface area contributed by atoms with Crippen molar-refractivity contribution in [2.24, 2.45) is 0 Å². The number of nitrogens with two attached hydrogens (primary N) is 1. The maximum absolute atomic E-state index is 13.1. The number of rotatable bonds is 2. The number of benzene rings is 1. The highest BCUT2D eigenvalue weighted by Crippen LogP contribution is 2.34. The molecule has 1 saturated carbocycles. The highest BCUT2D eigenvalue weighted by Gasteiger charge is 2.22. The standard InChI is InChI=1S/C18H18FN5/c19-13-8-6-11(7-9-13)14-10-21-17-16(22-14)15(23-18(20)24-17)12-4-2-1-3-5-12/h6-10,12H,1-5H2,(H2,20,21,23,24). The van der Waals surface area contributed by atoms with E-state index in [0.717, 1.165) is 24.1 Å². The monoisotopic (exact) mass is 323 g/mol. The minimum atomic E-state index is -0.272. The van der Waals surface area contributed by atoms with Crippen molar-refractivity contribution in [3.05, 3.63) is 42.0 Å². The second-order valence-corrected chi connectivity index (χ2v) is 6.24. The highest BCUT2D eigenvalue weighted by molar-refractivity contribution is 5.77. The van der Waals surface area contributed by atoms with Crippen molar-refractivity contribution in [1.29, 1.82) is 0 Å². The number of nitrogen functional groups attached to an aromatic ring is 1. The normalized spacial score (nSPS) is 15.7. The van der Waals surface area contributed by atoms with Gasteiger partial charge in [0.25, 0.3) is 0 Å². The van der Waals surface area contributed by atoms with Crippen molar-refractivity contribution >= 4 is 17.1 Å². The summed E-state index contributed by atoms with van der Waals surface area (Å²) in [5, 5.41) is 0.